The van der Waals surface area contributed by atoms with Gasteiger partial charge in [-0.25, -0.2) is 0 Å². The second-order valence-corrected chi connectivity index (χ2v) is 22.1. The molecule has 0 spiro atoms. The first-order chi connectivity index (χ1) is 40.2. The summed E-state index contributed by atoms with van der Waals surface area (Å²) in [5.41, 5.74) is 22.6. The Morgan fingerprint density at radius 2 is 0.543 bits per heavy atom. The van der Waals surface area contributed by atoms with E-state index >= 15 is 0 Å². The number of hydrogen-bond acceptors (Lipinski definition) is 1. The molecule has 4 aromatic heterocycles. The Morgan fingerprint density at radius 1 is 0.259 bits per heavy atom. The largest absolute Gasteiger partial charge is 0.309 e. The Bertz CT molecular complexity index is 5320. The second kappa shape index (κ2) is 15.7. The maximum Gasteiger partial charge on any atom is 0.244 e. The third kappa shape index (κ3) is 5.45. The normalized spacial score (nSPS) is 12.7. The lowest BCUT2D eigenvalue weighted by atomic mass is 9.31. The summed E-state index contributed by atoms with van der Waals surface area (Å²) >= 11 is 0. The van der Waals surface area contributed by atoms with Crippen LogP contribution < -0.4 is 16.4 Å². The number of nitriles is 1. The zero-order valence-electron chi connectivity index (χ0n) is 43.6. The predicted molar refractivity (Wildman–Crippen MR) is 339 cm³/mol. The van der Waals surface area contributed by atoms with E-state index in [1.165, 1.54) is 92.1 Å². The summed E-state index contributed by atoms with van der Waals surface area (Å²) in [6.07, 6.45) is 0. The minimum absolute atomic E-state index is 0.231. The van der Waals surface area contributed by atoms with Crippen LogP contribution in [0.4, 0.5) is 0 Å². The highest BCUT2D eigenvalue weighted by atomic mass is 15.0. The summed E-state index contributed by atoms with van der Waals surface area (Å²) in [6, 6.07) is 96.7. The Kier molecular flexibility index (Phi) is 8.35. The highest BCUT2D eigenvalue weighted by Crippen LogP contribution is 2.52. The lowest BCUT2D eigenvalue weighted by Crippen LogP contribution is -2.57. The third-order valence-corrected chi connectivity index (χ3v) is 18.3. The molecule has 2 aliphatic heterocycles. The maximum absolute atomic E-state index is 11.4. The average Bonchev–Trinajstić information content (AvgIpc) is 2.24. The van der Waals surface area contributed by atoms with Crippen LogP contribution in [0.5, 0.6) is 0 Å². The van der Waals surface area contributed by atoms with E-state index in [0.717, 1.165) is 78.1 Å². The van der Waals surface area contributed by atoms with Crippen molar-refractivity contribution in [3.8, 4) is 51.1 Å². The summed E-state index contributed by atoms with van der Waals surface area (Å²) < 4.78 is 9.96. The van der Waals surface area contributed by atoms with Crippen molar-refractivity contribution < 1.29 is 0 Å². The molecule has 5 nitrogen and oxygen atoms in total. The van der Waals surface area contributed by atoms with E-state index in [1.807, 2.05) is 0 Å². The molecule has 0 aliphatic carbocycles. The van der Waals surface area contributed by atoms with Gasteiger partial charge in [-0.3, -0.25) is 0 Å². The summed E-state index contributed by atoms with van der Waals surface area (Å²) in [6.45, 7) is -0.231. The standard InChI is InChI=1S/C75H42BN5/c77-43-44-37-55-53-39-63-69(49-29-13-17-33-59(49)78(63)45-21-5-1-6-22-45)73-67(53)57(41-65-71(73)51-31-15-19-35-61(51)80(65)47-25-9-3-10-26-47)76-58-42-66-72(52-32-16-20-36-62(52)81(66)48-27-11-4-12-28-48)74-68(58)54(56(38-44)75(55)76)40-64-70(74)50-30-14-18-34-60(50)79(64)46-23-7-2-8-24-46/h1-42H. The molecule has 0 bridgehead atoms. The Hall–Kier alpha value is -10.9. The van der Waals surface area contributed by atoms with E-state index in [9.17, 15) is 5.26 Å². The van der Waals surface area contributed by atoms with Gasteiger partial charge in [0.2, 0.25) is 6.71 Å². The van der Waals surface area contributed by atoms with Crippen LogP contribution in [0, 0.1) is 11.3 Å². The fourth-order valence-corrected chi connectivity index (χ4v) is 15.4. The number of nitrogens with zero attached hydrogens (tertiary/aromatic N) is 5. The molecule has 0 saturated heterocycles. The number of para-hydroxylation sites is 8. The van der Waals surface area contributed by atoms with Crippen LogP contribution in [0.2, 0.25) is 0 Å². The van der Waals surface area contributed by atoms with Crippen LogP contribution in [0.1, 0.15) is 5.56 Å². The Morgan fingerprint density at radius 3 is 0.852 bits per heavy atom. The molecule has 0 amide bonds. The topological polar surface area (TPSA) is 43.5 Å². The maximum atomic E-state index is 11.4. The fourth-order valence-electron chi connectivity index (χ4n) is 15.4. The van der Waals surface area contributed by atoms with Crippen molar-refractivity contribution in [2.45, 2.75) is 0 Å². The first-order valence-electron chi connectivity index (χ1n) is 27.9. The molecule has 6 heterocycles. The van der Waals surface area contributed by atoms with E-state index in [0.29, 0.717) is 5.56 Å². The van der Waals surface area contributed by atoms with Gasteiger partial charge in [-0.2, -0.15) is 5.26 Å². The fraction of sp³-hybridized carbons (Fsp3) is 0. The molecular weight excluding hydrogens is 982 g/mol. The number of hydrogen-bond donors (Lipinski definition) is 0. The highest BCUT2D eigenvalue weighted by molar-refractivity contribution is 7.02. The molecule has 17 aromatic rings. The molecule has 0 N–H and O–H groups in total. The van der Waals surface area contributed by atoms with Gasteiger partial charge in [-0.1, -0.05) is 162 Å². The molecular formula is C75H42BN5. The quantitative estimate of drug-likeness (QED) is 0.162. The molecule has 0 radical (unpaired) electrons. The molecule has 19 rings (SSSR count). The van der Waals surface area contributed by atoms with E-state index in [4.69, 9.17) is 0 Å². The zero-order valence-corrected chi connectivity index (χ0v) is 43.6. The van der Waals surface area contributed by atoms with Crippen LogP contribution in [0.3, 0.4) is 0 Å². The number of benzene rings is 13. The van der Waals surface area contributed by atoms with Gasteiger partial charge < -0.3 is 18.3 Å². The molecule has 0 atom stereocenters. The van der Waals surface area contributed by atoms with Crippen molar-refractivity contribution in [1.29, 1.82) is 5.26 Å². The number of rotatable bonds is 4. The van der Waals surface area contributed by atoms with Gasteiger partial charge in [0.1, 0.15) is 0 Å². The van der Waals surface area contributed by atoms with Gasteiger partial charge in [0.05, 0.1) is 55.8 Å². The average molecular weight is 1020 g/mol. The summed E-state index contributed by atoms with van der Waals surface area (Å²) in [7, 11) is 0. The van der Waals surface area contributed by atoms with Gasteiger partial charge in [0.25, 0.3) is 0 Å². The van der Waals surface area contributed by atoms with Crippen molar-refractivity contribution in [3.05, 3.63) is 260 Å². The van der Waals surface area contributed by atoms with Gasteiger partial charge in [-0.15, -0.1) is 0 Å². The molecule has 370 valence electrons. The Balaban J connectivity index is 1.10. The monoisotopic (exact) mass is 1020 g/mol. The minimum Gasteiger partial charge on any atom is -0.309 e. The number of fused-ring (bicyclic) bond motifs is 20. The highest BCUT2D eigenvalue weighted by Gasteiger charge is 2.42. The third-order valence-electron chi connectivity index (χ3n) is 18.3. The predicted octanol–water partition coefficient (Wildman–Crippen LogP) is 16.7. The van der Waals surface area contributed by atoms with Crippen molar-refractivity contribution in [2.75, 3.05) is 0 Å². The van der Waals surface area contributed by atoms with Crippen LogP contribution in [-0.2, 0) is 0 Å². The van der Waals surface area contributed by atoms with Crippen LogP contribution in [0.15, 0.2) is 255 Å². The summed E-state index contributed by atoms with van der Waals surface area (Å²) in [5, 5.41) is 26.1. The Labute approximate surface area is 464 Å². The summed E-state index contributed by atoms with van der Waals surface area (Å²) in [4.78, 5) is 0. The van der Waals surface area contributed by atoms with Crippen molar-refractivity contribution in [2.24, 2.45) is 0 Å². The van der Waals surface area contributed by atoms with Gasteiger partial charge in [0, 0.05) is 76.6 Å². The first kappa shape index (κ1) is 43.2. The van der Waals surface area contributed by atoms with E-state index in [1.54, 1.807) is 0 Å². The van der Waals surface area contributed by atoms with Gasteiger partial charge in [-0.05, 0) is 142 Å². The van der Waals surface area contributed by atoms with Crippen LogP contribution in [-0.4, -0.2) is 25.0 Å². The SMILES string of the molecule is N#Cc1cc2c3c(c1)-c1cc4c(c5ccccc5n4-c4ccccc4)c4c1c(cc1c4c4ccccc4n1-c1ccccc1)B3c1cc3c(c4ccccc4n3-c3ccccc3)c3c1c-2cc1c3c2ccccc2n1-c1ccccc1. The van der Waals surface area contributed by atoms with E-state index in [2.05, 4.69) is 279 Å². The van der Waals surface area contributed by atoms with Crippen LogP contribution >= 0.6 is 0 Å². The first-order valence-corrected chi connectivity index (χ1v) is 27.9. The van der Waals surface area contributed by atoms with Gasteiger partial charge >= 0.3 is 0 Å². The zero-order chi connectivity index (χ0) is 52.8. The van der Waals surface area contributed by atoms with E-state index in [-0.39, 0.29) is 6.71 Å². The summed E-state index contributed by atoms with van der Waals surface area (Å²) in [5.74, 6) is 0. The number of aromatic nitrogens is 4. The van der Waals surface area contributed by atoms with Crippen molar-refractivity contribution in [1.82, 2.24) is 18.3 Å². The van der Waals surface area contributed by atoms with Crippen LogP contribution in [0.25, 0.3) is 154 Å². The molecule has 0 fully saturated rings. The van der Waals surface area contributed by atoms with Crippen molar-refractivity contribution in [3.63, 3.8) is 0 Å². The second-order valence-electron chi connectivity index (χ2n) is 22.1. The molecule has 13 aromatic carbocycles. The smallest absolute Gasteiger partial charge is 0.244 e. The lowest BCUT2D eigenvalue weighted by molar-refractivity contribution is 1.18. The molecule has 0 saturated carbocycles. The molecule has 0 unspecified atom stereocenters. The molecule has 2 aliphatic rings. The lowest BCUT2D eigenvalue weighted by Gasteiger charge is -2.35. The van der Waals surface area contributed by atoms with Crippen molar-refractivity contribution >= 4 is 132 Å². The van der Waals surface area contributed by atoms with E-state index < -0.39 is 0 Å². The molecule has 81 heavy (non-hydrogen) atoms. The molecule has 6 heteroatoms. The minimum atomic E-state index is -0.231. The van der Waals surface area contributed by atoms with Gasteiger partial charge in [0.15, 0.2) is 0 Å².